The van der Waals surface area contributed by atoms with Gasteiger partial charge in [-0.05, 0) is 43.4 Å². The van der Waals surface area contributed by atoms with Crippen LogP contribution in [0.25, 0.3) is 0 Å². The summed E-state index contributed by atoms with van der Waals surface area (Å²) in [7, 11) is 1.70. The third-order valence-corrected chi connectivity index (χ3v) is 3.69. The van der Waals surface area contributed by atoms with Crippen molar-refractivity contribution in [2.24, 2.45) is 0 Å². The first-order valence-corrected chi connectivity index (χ1v) is 7.58. The Bertz CT molecular complexity index is 467. The summed E-state index contributed by atoms with van der Waals surface area (Å²) in [6.45, 7) is 8.36. The molecule has 1 rings (SSSR count). The van der Waals surface area contributed by atoms with E-state index in [9.17, 15) is 4.79 Å². The number of hydrogen-bond acceptors (Lipinski definition) is 2. The van der Waals surface area contributed by atoms with Crippen molar-refractivity contribution < 1.29 is 9.53 Å². The molecular weight excluding hydrogens is 250 g/mol. The minimum absolute atomic E-state index is 0.0864. The lowest BCUT2D eigenvalue weighted by Crippen LogP contribution is -2.13. The van der Waals surface area contributed by atoms with E-state index in [0.29, 0.717) is 6.42 Å². The van der Waals surface area contributed by atoms with E-state index in [1.54, 1.807) is 7.11 Å². The fourth-order valence-corrected chi connectivity index (χ4v) is 2.52. The first-order valence-electron chi connectivity index (χ1n) is 7.58. The van der Waals surface area contributed by atoms with Gasteiger partial charge in [0.2, 0.25) is 5.91 Å². The van der Waals surface area contributed by atoms with E-state index in [2.05, 4.69) is 32.2 Å². The van der Waals surface area contributed by atoms with Gasteiger partial charge in [0.25, 0.3) is 0 Å². The van der Waals surface area contributed by atoms with Gasteiger partial charge in [-0.25, -0.2) is 0 Å². The molecule has 0 saturated heterocycles. The number of methoxy groups -OCH3 is 1. The largest absolute Gasteiger partial charge is 0.496 e. The summed E-state index contributed by atoms with van der Waals surface area (Å²) < 4.78 is 5.56. The fraction of sp³-hybridized carbons (Fsp3) is 0.588. The van der Waals surface area contributed by atoms with Gasteiger partial charge in [-0.3, -0.25) is 4.79 Å². The topological polar surface area (TPSA) is 38.3 Å². The van der Waals surface area contributed by atoms with Crippen molar-refractivity contribution in [2.45, 2.75) is 59.8 Å². The van der Waals surface area contributed by atoms with Crippen LogP contribution in [0.4, 0.5) is 5.69 Å². The SMILES string of the molecule is CCCCC(=O)Nc1cc(CC)c(CC)c(OC)c1C. The van der Waals surface area contributed by atoms with Gasteiger partial charge < -0.3 is 10.1 Å². The highest BCUT2D eigenvalue weighted by Crippen LogP contribution is 2.34. The zero-order chi connectivity index (χ0) is 15.1. The number of carbonyl (C=O) groups is 1. The first-order chi connectivity index (χ1) is 9.58. The highest BCUT2D eigenvalue weighted by atomic mass is 16.5. The summed E-state index contributed by atoms with van der Waals surface area (Å²) in [4.78, 5) is 11.9. The quantitative estimate of drug-likeness (QED) is 0.808. The van der Waals surface area contributed by atoms with Crippen LogP contribution in [-0.2, 0) is 17.6 Å². The Labute approximate surface area is 122 Å². The van der Waals surface area contributed by atoms with E-state index in [1.807, 2.05) is 6.92 Å². The van der Waals surface area contributed by atoms with Crippen molar-refractivity contribution in [3.05, 3.63) is 22.8 Å². The molecule has 0 saturated carbocycles. The number of hydrogen-bond donors (Lipinski definition) is 1. The molecule has 0 bridgehead atoms. The Morgan fingerprint density at radius 1 is 1.25 bits per heavy atom. The summed E-state index contributed by atoms with van der Waals surface area (Å²) in [6.07, 6.45) is 4.42. The summed E-state index contributed by atoms with van der Waals surface area (Å²) in [6, 6.07) is 2.10. The van der Waals surface area contributed by atoms with E-state index >= 15 is 0 Å². The number of unbranched alkanes of at least 4 members (excludes halogenated alkanes) is 1. The van der Waals surface area contributed by atoms with E-state index in [4.69, 9.17) is 4.74 Å². The van der Waals surface area contributed by atoms with Crippen molar-refractivity contribution in [2.75, 3.05) is 12.4 Å². The molecule has 1 N–H and O–H groups in total. The molecule has 0 fully saturated rings. The van der Waals surface area contributed by atoms with Crippen molar-refractivity contribution in [3.8, 4) is 5.75 Å². The van der Waals surface area contributed by atoms with Gasteiger partial charge in [-0.15, -0.1) is 0 Å². The van der Waals surface area contributed by atoms with Crippen LogP contribution in [0, 0.1) is 6.92 Å². The molecular formula is C17H27NO2. The fourth-order valence-electron chi connectivity index (χ4n) is 2.52. The third kappa shape index (κ3) is 3.75. The van der Waals surface area contributed by atoms with Crippen molar-refractivity contribution >= 4 is 11.6 Å². The van der Waals surface area contributed by atoms with E-state index in [1.165, 1.54) is 11.1 Å². The smallest absolute Gasteiger partial charge is 0.224 e. The van der Waals surface area contributed by atoms with Gasteiger partial charge in [0.15, 0.2) is 0 Å². The van der Waals surface area contributed by atoms with Crippen LogP contribution in [0.5, 0.6) is 5.75 Å². The van der Waals surface area contributed by atoms with E-state index in [-0.39, 0.29) is 5.91 Å². The monoisotopic (exact) mass is 277 g/mol. The molecule has 0 aliphatic heterocycles. The van der Waals surface area contributed by atoms with Gasteiger partial charge in [-0.2, -0.15) is 0 Å². The van der Waals surface area contributed by atoms with Crippen LogP contribution >= 0.6 is 0 Å². The second-order valence-corrected chi connectivity index (χ2v) is 5.08. The average Bonchev–Trinajstić information content (AvgIpc) is 2.46. The van der Waals surface area contributed by atoms with Gasteiger partial charge in [0.05, 0.1) is 7.11 Å². The molecule has 0 heterocycles. The summed E-state index contributed by atoms with van der Waals surface area (Å²) in [5.41, 5.74) is 4.41. The van der Waals surface area contributed by atoms with Gasteiger partial charge >= 0.3 is 0 Å². The standard InChI is InChI=1S/C17H27NO2/c1-6-9-10-16(19)18-15-11-13(7-2)14(8-3)17(20-5)12(15)4/h11H,6-10H2,1-5H3,(H,18,19). The molecule has 112 valence electrons. The zero-order valence-electron chi connectivity index (χ0n) is 13.4. The predicted octanol–water partition coefficient (Wildman–Crippen LogP) is 4.26. The molecule has 0 radical (unpaired) electrons. The Morgan fingerprint density at radius 3 is 2.45 bits per heavy atom. The van der Waals surface area contributed by atoms with Crippen LogP contribution < -0.4 is 10.1 Å². The Hall–Kier alpha value is -1.51. The minimum atomic E-state index is 0.0864. The molecule has 3 heteroatoms. The summed E-state index contributed by atoms with van der Waals surface area (Å²) in [5, 5.41) is 3.03. The van der Waals surface area contributed by atoms with Gasteiger partial charge in [0, 0.05) is 17.7 Å². The number of amides is 1. The highest BCUT2D eigenvalue weighted by Gasteiger charge is 2.15. The van der Waals surface area contributed by atoms with Crippen LogP contribution in [0.1, 0.15) is 56.7 Å². The average molecular weight is 277 g/mol. The molecule has 0 aliphatic carbocycles. The maximum absolute atomic E-state index is 11.9. The molecule has 0 unspecified atom stereocenters. The van der Waals surface area contributed by atoms with Crippen molar-refractivity contribution in [3.63, 3.8) is 0 Å². The van der Waals surface area contributed by atoms with E-state index in [0.717, 1.165) is 42.7 Å². The first kappa shape index (κ1) is 16.5. The van der Waals surface area contributed by atoms with Crippen LogP contribution in [0.3, 0.4) is 0 Å². The maximum atomic E-state index is 11.9. The van der Waals surface area contributed by atoms with Crippen LogP contribution in [0.15, 0.2) is 6.07 Å². The molecule has 0 atom stereocenters. The molecule has 20 heavy (non-hydrogen) atoms. The summed E-state index contributed by atoms with van der Waals surface area (Å²) in [5.74, 6) is 1.00. The lowest BCUT2D eigenvalue weighted by molar-refractivity contribution is -0.116. The lowest BCUT2D eigenvalue weighted by Gasteiger charge is -2.18. The summed E-state index contributed by atoms with van der Waals surface area (Å²) >= 11 is 0. The Balaban J connectivity index is 3.11. The molecule has 0 spiro atoms. The number of rotatable bonds is 7. The Kier molecular flexibility index (Phi) is 6.56. The number of aryl methyl sites for hydroxylation is 1. The normalized spacial score (nSPS) is 10.4. The number of anilines is 1. The minimum Gasteiger partial charge on any atom is -0.496 e. The number of nitrogens with one attached hydrogen (secondary N) is 1. The van der Waals surface area contributed by atoms with Crippen LogP contribution in [-0.4, -0.2) is 13.0 Å². The molecule has 3 nitrogen and oxygen atoms in total. The predicted molar refractivity (Wildman–Crippen MR) is 84.6 cm³/mol. The second kappa shape index (κ2) is 7.93. The van der Waals surface area contributed by atoms with Gasteiger partial charge in [0.1, 0.15) is 5.75 Å². The molecule has 0 aromatic heterocycles. The van der Waals surface area contributed by atoms with Gasteiger partial charge in [-0.1, -0.05) is 27.2 Å². The zero-order valence-corrected chi connectivity index (χ0v) is 13.4. The number of ether oxygens (including phenoxy) is 1. The third-order valence-electron chi connectivity index (χ3n) is 3.69. The molecule has 1 aromatic carbocycles. The number of benzene rings is 1. The number of carbonyl (C=O) groups excluding carboxylic acids is 1. The maximum Gasteiger partial charge on any atom is 0.224 e. The van der Waals surface area contributed by atoms with E-state index < -0.39 is 0 Å². The Morgan fingerprint density at radius 2 is 1.95 bits per heavy atom. The highest BCUT2D eigenvalue weighted by molar-refractivity contribution is 5.92. The molecule has 0 aliphatic rings. The molecule has 1 aromatic rings. The van der Waals surface area contributed by atoms with Crippen LogP contribution in [0.2, 0.25) is 0 Å². The van der Waals surface area contributed by atoms with Crippen molar-refractivity contribution in [1.29, 1.82) is 0 Å². The molecule has 1 amide bonds. The van der Waals surface area contributed by atoms with Crippen molar-refractivity contribution in [1.82, 2.24) is 0 Å². The lowest BCUT2D eigenvalue weighted by atomic mass is 9.97. The second-order valence-electron chi connectivity index (χ2n) is 5.08.